The first kappa shape index (κ1) is 15.6. The molecule has 0 unspecified atom stereocenters. The summed E-state index contributed by atoms with van der Waals surface area (Å²) in [4.78, 5) is 0. The standard InChI is InChI=1S/C17H16Cl2N2/c1-2-14(9-8-13-6-4-3-5-7-13)20-21-15-10-11-16(18)17(19)12-15/h3-12,21H,2H2,1H3/b9-8+,20-14-. The largest absolute Gasteiger partial charge is 0.278 e. The zero-order valence-corrected chi connectivity index (χ0v) is 13.2. The van der Waals surface area contributed by atoms with Crippen molar-refractivity contribution < 1.29 is 0 Å². The van der Waals surface area contributed by atoms with Crippen LogP contribution in [0.2, 0.25) is 10.0 Å². The lowest BCUT2D eigenvalue weighted by molar-refractivity contribution is 1.23. The number of nitrogens with zero attached hydrogens (tertiary/aromatic N) is 1. The molecule has 0 aliphatic heterocycles. The van der Waals surface area contributed by atoms with Gasteiger partial charge in [0.2, 0.25) is 0 Å². The lowest BCUT2D eigenvalue weighted by Gasteiger charge is -2.04. The second-order valence-corrected chi connectivity index (χ2v) is 5.26. The minimum atomic E-state index is 0.509. The van der Waals surface area contributed by atoms with E-state index in [2.05, 4.69) is 29.6 Å². The number of allylic oxidation sites excluding steroid dienone is 1. The first-order valence-electron chi connectivity index (χ1n) is 6.70. The van der Waals surface area contributed by atoms with Gasteiger partial charge in [-0.25, -0.2) is 0 Å². The summed E-state index contributed by atoms with van der Waals surface area (Å²) in [6.45, 7) is 2.06. The molecule has 1 N–H and O–H groups in total. The third-order valence-corrected chi connectivity index (χ3v) is 3.62. The van der Waals surface area contributed by atoms with E-state index >= 15 is 0 Å². The Morgan fingerprint density at radius 3 is 2.52 bits per heavy atom. The fourth-order valence-corrected chi connectivity index (χ4v) is 1.99. The van der Waals surface area contributed by atoms with E-state index in [4.69, 9.17) is 23.2 Å². The number of hydrogen-bond acceptors (Lipinski definition) is 2. The van der Waals surface area contributed by atoms with Crippen molar-refractivity contribution in [3.8, 4) is 0 Å². The summed E-state index contributed by atoms with van der Waals surface area (Å²) in [6.07, 6.45) is 4.87. The van der Waals surface area contributed by atoms with Gasteiger partial charge in [-0.1, -0.05) is 66.5 Å². The van der Waals surface area contributed by atoms with Gasteiger partial charge in [0.05, 0.1) is 21.4 Å². The number of hydrogen-bond donors (Lipinski definition) is 1. The number of hydrazone groups is 1. The smallest absolute Gasteiger partial charge is 0.0613 e. The quantitative estimate of drug-likeness (QED) is 0.540. The molecule has 0 radical (unpaired) electrons. The van der Waals surface area contributed by atoms with Gasteiger partial charge in [0.15, 0.2) is 0 Å². The highest BCUT2D eigenvalue weighted by molar-refractivity contribution is 6.42. The molecule has 0 aliphatic carbocycles. The Balaban J connectivity index is 2.06. The van der Waals surface area contributed by atoms with Gasteiger partial charge in [-0.2, -0.15) is 5.10 Å². The highest BCUT2D eigenvalue weighted by Gasteiger charge is 1.98. The van der Waals surface area contributed by atoms with E-state index in [9.17, 15) is 0 Å². The van der Waals surface area contributed by atoms with E-state index in [1.807, 2.05) is 36.4 Å². The highest BCUT2D eigenvalue weighted by atomic mass is 35.5. The Morgan fingerprint density at radius 1 is 1.10 bits per heavy atom. The van der Waals surface area contributed by atoms with Crippen LogP contribution in [0.15, 0.2) is 59.7 Å². The predicted molar refractivity (Wildman–Crippen MR) is 93.3 cm³/mol. The van der Waals surface area contributed by atoms with Gasteiger partial charge in [-0.05, 0) is 36.3 Å². The predicted octanol–water partition coefficient (Wildman–Crippen LogP) is 5.88. The van der Waals surface area contributed by atoms with E-state index in [0.29, 0.717) is 10.0 Å². The summed E-state index contributed by atoms with van der Waals surface area (Å²) in [5.74, 6) is 0. The first-order valence-corrected chi connectivity index (χ1v) is 7.45. The van der Waals surface area contributed by atoms with Crippen LogP contribution in [0.25, 0.3) is 6.08 Å². The average molecular weight is 319 g/mol. The summed E-state index contributed by atoms with van der Waals surface area (Å²) >= 11 is 11.9. The molecule has 0 amide bonds. The molecule has 0 atom stereocenters. The van der Waals surface area contributed by atoms with Crippen LogP contribution in [-0.2, 0) is 0 Å². The van der Waals surface area contributed by atoms with Gasteiger partial charge < -0.3 is 0 Å². The monoisotopic (exact) mass is 318 g/mol. The zero-order valence-electron chi connectivity index (χ0n) is 11.7. The summed E-state index contributed by atoms with van der Waals surface area (Å²) in [7, 11) is 0. The normalized spacial score (nSPS) is 11.9. The van der Waals surface area contributed by atoms with E-state index in [-0.39, 0.29) is 0 Å². The molecular formula is C17H16Cl2N2. The summed E-state index contributed by atoms with van der Waals surface area (Å²) in [5, 5.41) is 5.42. The molecule has 2 aromatic rings. The molecule has 2 nitrogen and oxygen atoms in total. The maximum Gasteiger partial charge on any atom is 0.0613 e. The van der Waals surface area contributed by atoms with Crippen LogP contribution in [0.4, 0.5) is 5.69 Å². The van der Waals surface area contributed by atoms with Gasteiger partial charge >= 0.3 is 0 Å². The van der Waals surface area contributed by atoms with Crippen molar-refractivity contribution in [2.24, 2.45) is 5.10 Å². The highest BCUT2D eigenvalue weighted by Crippen LogP contribution is 2.24. The van der Waals surface area contributed by atoms with Gasteiger partial charge in [0.1, 0.15) is 0 Å². The van der Waals surface area contributed by atoms with Crippen molar-refractivity contribution in [2.45, 2.75) is 13.3 Å². The van der Waals surface area contributed by atoms with Crippen molar-refractivity contribution in [3.05, 3.63) is 70.2 Å². The zero-order chi connectivity index (χ0) is 15.1. The summed E-state index contributed by atoms with van der Waals surface area (Å²) < 4.78 is 0. The molecule has 108 valence electrons. The first-order chi connectivity index (χ1) is 10.2. The lowest BCUT2D eigenvalue weighted by atomic mass is 10.2. The van der Waals surface area contributed by atoms with Gasteiger partial charge in [-0.3, -0.25) is 5.43 Å². The van der Waals surface area contributed by atoms with Crippen LogP contribution in [0.3, 0.4) is 0 Å². The Kier molecular flexibility index (Phi) is 5.85. The van der Waals surface area contributed by atoms with Gasteiger partial charge in [0, 0.05) is 0 Å². The summed E-state index contributed by atoms with van der Waals surface area (Å²) in [5.41, 5.74) is 5.90. The molecule has 0 aliphatic rings. The molecule has 0 saturated heterocycles. The number of nitrogens with one attached hydrogen (secondary N) is 1. The van der Waals surface area contributed by atoms with E-state index in [0.717, 1.165) is 23.4 Å². The topological polar surface area (TPSA) is 24.4 Å². The van der Waals surface area contributed by atoms with Crippen molar-refractivity contribution in [3.63, 3.8) is 0 Å². The lowest BCUT2D eigenvalue weighted by Crippen LogP contribution is -1.97. The van der Waals surface area contributed by atoms with E-state index in [1.54, 1.807) is 12.1 Å². The van der Waals surface area contributed by atoms with Crippen LogP contribution < -0.4 is 5.43 Å². The Hall–Kier alpha value is -1.77. The molecule has 4 heteroatoms. The fourth-order valence-electron chi connectivity index (χ4n) is 1.69. The van der Waals surface area contributed by atoms with Crippen molar-refractivity contribution in [1.29, 1.82) is 0 Å². The Morgan fingerprint density at radius 2 is 1.86 bits per heavy atom. The Labute approximate surface area is 135 Å². The van der Waals surface area contributed by atoms with Crippen LogP contribution in [0.5, 0.6) is 0 Å². The minimum Gasteiger partial charge on any atom is -0.278 e. The average Bonchev–Trinajstić information content (AvgIpc) is 2.52. The maximum atomic E-state index is 5.97. The van der Waals surface area contributed by atoms with Crippen molar-refractivity contribution in [1.82, 2.24) is 0 Å². The van der Waals surface area contributed by atoms with Crippen molar-refractivity contribution >= 4 is 40.7 Å². The second-order valence-electron chi connectivity index (χ2n) is 4.44. The van der Waals surface area contributed by atoms with E-state index < -0.39 is 0 Å². The molecule has 0 bridgehead atoms. The molecule has 0 heterocycles. The van der Waals surface area contributed by atoms with Crippen molar-refractivity contribution in [2.75, 3.05) is 5.43 Å². The molecule has 0 aromatic heterocycles. The molecule has 0 spiro atoms. The maximum absolute atomic E-state index is 5.97. The van der Waals surface area contributed by atoms with Crippen LogP contribution in [-0.4, -0.2) is 5.71 Å². The number of anilines is 1. The molecule has 0 saturated carbocycles. The minimum absolute atomic E-state index is 0.509. The molecule has 0 fully saturated rings. The number of halogens is 2. The second kappa shape index (κ2) is 7.87. The van der Waals surface area contributed by atoms with Crippen LogP contribution in [0.1, 0.15) is 18.9 Å². The number of benzene rings is 2. The van der Waals surface area contributed by atoms with Gasteiger partial charge in [0.25, 0.3) is 0 Å². The van der Waals surface area contributed by atoms with Gasteiger partial charge in [-0.15, -0.1) is 0 Å². The van der Waals surface area contributed by atoms with Crippen LogP contribution >= 0.6 is 23.2 Å². The SMILES string of the molecule is CCC(/C=C/c1ccccc1)=N/Nc1ccc(Cl)c(Cl)c1. The van der Waals surface area contributed by atoms with E-state index in [1.165, 1.54) is 0 Å². The third kappa shape index (κ3) is 4.92. The molecule has 21 heavy (non-hydrogen) atoms. The van der Waals surface area contributed by atoms with Crippen LogP contribution in [0, 0.1) is 0 Å². The molecular weight excluding hydrogens is 303 g/mol. The molecule has 2 rings (SSSR count). The number of rotatable bonds is 5. The third-order valence-electron chi connectivity index (χ3n) is 2.88. The fraction of sp³-hybridized carbons (Fsp3) is 0.118. The molecule has 2 aromatic carbocycles. The summed E-state index contributed by atoms with van der Waals surface area (Å²) in [6, 6.07) is 15.5. The Bertz CT molecular complexity index is 649.